The monoisotopic (exact) mass is 244 g/mol. The first-order valence-corrected chi connectivity index (χ1v) is 6.21. The topological polar surface area (TPSA) is 72.2 Å². The molecule has 0 aliphatic rings. The van der Waals surface area contributed by atoms with E-state index in [-0.39, 0.29) is 17.3 Å². The predicted octanol–water partition coefficient (Wildman–Crippen LogP) is 1.11. The Morgan fingerprint density at radius 2 is 2.25 bits per heavy atom. The van der Waals surface area contributed by atoms with Gasteiger partial charge in [0.1, 0.15) is 11.6 Å². The van der Waals surface area contributed by atoms with Crippen molar-refractivity contribution in [3.05, 3.63) is 24.0 Å². The van der Waals surface area contributed by atoms with E-state index in [0.29, 0.717) is 11.4 Å². The fourth-order valence-electron chi connectivity index (χ4n) is 1.07. The number of benzene rings is 1. The Labute approximate surface area is 95.5 Å². The van der Waals surface area contributed by atoms with E-state index in [2.05, 4.69) is 5.32 Å². The number of halogens is 1. The van der Waals surface area contributed by atoms with Gasteiger partial charge in [0, 0.05) is 22.2 Å². The number of rotatable bonds is 4. The Kier molecular flexibility index (Phi) is 4.42. The molecule has 0 aliphatic carbocycles. The number of hydrogen-bond donors (Lipinski definition) is 2. The van der Waals surface area contributed by atoms with Gasteiger partial charge in [-0.1, -0.05) is 6.92 Å². The number of hydrogen-bond acceptors (Lipinski definition) is 3. The fourth-order valence-corrected chi connectivity index (χ4v) is 1.64. The molecule has 0 bridgehead atoms. The molecule has 0 fully saturated rings. The molecule has 1 atom stereocenters. The zero-order chi connectivity index (χ0) is 12.1. The van der Waals surface area contributed by atoms with Gasteiger partial charge in [0.25, 0.3) is 0 Å². The minimum absolute atomic E-state index is 0.0330. The van der Waals surface area contributed by atoms with Gasteiger partial charge < -0.3 is 11.1 Å². The van der Waals surface area contributed by atoms with Crippen LogP contribution in [-0.4, -0.2) is 21.6 Å². The molecule has 0 radical (unpaired) electrons. The first kappa shape index (κ1) is 12.6. The molecule has 0 saturated carbocycles. The summed E-state index contributed by atoms with van der Waals surface area (Å²) in [5.41, 5.74) is 5.70. The highest BCUT2D eigenvalue weighted by Crippen LogP contribution is 2.16. The van der Waals surface area contributed by atoms with Gasteiger partial charge in [0.05, 0.1) is 5.69 Å². The second kappa shape index (κ2) is 5.60. The van der Waals surface area contributed by atoms with Gasteiger partial charge in [-0.3, -0.25) is 9.00 Å². The summed E-state index contributed by atoms with van der Waals surface area (Å²) in [4.78, 5) is 11.3. The quantitative estimate of drug-likeness (QED) is 0.779. The molecule has 1 unspecified atom stereocenters. The molecule has 6 heteroatoms. The van der Waals surface area contributed by atoms with E-state index in [9.17, 15) is 13.4 Å². The highest BCUT2D eigenvalue weighted by molar-refractivity contribution is 7.85. The zero-order valence-electron chi connectivity index (χ0n) is 8.83. The third-order valence-electron chi connectivity index (χ3n) is 1.89. The molecule has 0 aliphatic heterocycles. The minimum atomic E-state index is -1.16. The molecule has 4 nitrogen and oxygen atoms in total. The van der Waals surface area contributed by atoms with Crippen LogP contribution in [0.3, 0.4) is 0 Å². The van der Waals surface area contributed by atoms with Gasteiger partial charge in [-0.2, -0.15) is 0 Å². The van der Waals surface area contributed by atoms with Crippen LogP contribution in [0.4, 0.5) is 15.8 Å². The molecule has 1 aromatic carbocycles. The van der Waals surface area contributed by atoms with Crippen molar-refractivity contribution >= 4 is 28.1 Å². The van der Waals surface area contributed by atoms with Crippen LogP contribution in [0.25, 0.3) is 0 Å². The fraction of sp³-hybridized carbons (Fsp3) is 0.300. The second-order valence-corrected chi connectivity index (χ2v) is 4.90. The van der Waals surface area contributed by atoms with Crippen molar-refractivity contribution < 1.29 is 13.4 Å². The molecule has 0 heterocycles. The lowest BCUT2D eigenvalue weighted by atomic mass is 10.2. The molecule has 0 saturated heterocycles. The maximum absolute atomic E-state index is 12.8. The van der Waals surface area contributed by atoms with Crippen molar-refractivity contribution in [3.63, 3.8) is 0 Å². The molecular formula is C10H13FN2O2S. The van der Waals surface area contributed by atoms with Crippen molar-refractivity contribution in [1.29, 1.82) is 0 Å². The lowest BCUT2D eigenvalue weighted by Gasteiger charge is -2.05. The SMILES string of the molecule is CCS(=O)CC(=O)Nc1ccc(F)c(N)c1. The second-order valence-electron chi connectivity index (χ2n) is 3.16. The van der Waals surface area contributed by atoms with E-state index in [0.717, 1.165) is 0 Å². The molecule has 1 amide bonds. The normalized spacial score (nSPS) is 12.1. The summed E-state index contributed by atoms with van der Waals surface area (Å²) in [5.74, 6) is -0.534. The Morgan fingerprint density at radius 1 is 1.56 bits per heavy atom. The number of carbonyl (C=O) groups is 1. The summed E-state index contributed by atoms with van der Waals surface area (Å²) >= 11 is 0. The van der Waals surface area contributed by atoms with Crippen molar-refractivity contribution in [1.82, 2.24) is 0 Å². The van der Waals surface area contributed by atoms with Gasteiger partial charge in [-0.25, -0.2) is 4.39 Å². The average Bonchev–Trinajstić information content (AvgIpc) is 2.23. The van der Waals surface area contributed by atoms with Gasteiger partial charge in [0.15, 0.2) is 0 Å². The Bertz CT molecular complexity index is 423. The Balaban J connectivity index is 2.63. The van der Waals surface area contributed by atoms with Gasteiger partial charge in [-0.15, -0.1) is 0 Å². The molecule has 1 rings (SSSR count). The molecular weight excluding hydrogens is 231 g/mol. The van der Waals surface area contributed by atoms with E-state index in [1.807, 2.05) is 0 Å². The maximum Gasteiger partial charge on any atom is 0.236 e. The molecule has 1 aromatic rings. The molecule has 3 N–H and O–H groups in total. The Morgan fingerprint density at radius 3 is 2.81 bits per heavy atom. The number of carbonyl (C=O) groups excluding carboxylic acids is 1. The standard InChI is InChI=1S/C10H13FN2O2S/c1-2-16(15)6-10(14)13-7-3-4-8(11)9(12)5-7/h3-5H,2,6,12H2,1H3,(H,13,14). The number of anilines is 2. The highest BCUT2D eigenvalue weighted by Gasteiger charge is 2.07. The molecule has 0 aromatic heterocycles. The van der Waals surface area contributed by atoms with E-state index in [1.54, 1.807) is 6.92 Å². The van der Waals surface area contributed by atoms with Crippen LogP contribution in [0, 0.1) is 5.82 Å². The molecule has 0 spiro atoms. The van der Waals surface area contributed by atoms with E-state index >= 15 is 0 Å². The number of amides is 1. The largest absolute Gasteiger partial charge is 0.396 e. The van der Waals surface area contributed by atoms with E-state index < -0.39 is 16.6 Å². The van der Waals surface area contributed by atoms with Crippen molar-refractivity contribution in [2.75, 3.05) is 22.6 Å². The van der Waals surface area contributed by atoms with Crippen LogP contribution in [0.2, 0.25) is 0 Å². The van der Waals surface area contributed by atoms with Crippen LogP contribution in [-0.2, 0) is 15.6 Å². The Hall–Kier alpha value is -1.43. The maximum atomic E-state index is 12.8. The lowest BCUT2D eigenvalue weighted by molar-refractivity contribution is -0.113. The van der Waals surface area contributed by atoms with Crippen LogP contribution in [0.15, 0.2) is 18.2 Å². The average molecular weight is 244 g/mol. The van der Waals surface area contributed by atoms with Gasteiger partial charge in [0.2, 0.25) is 5.91 Å². The third-order valence-corrected chi connectivity index (χ3v) is 3.12. The van der Waals surface area contributed by atoms with Crippen LogP contribution in [0.5, 0.6) is 0 Å². The van der Waals surface area contributed by atoms with Crippen LogP contribution < -0.4 is 11.1 Å². The number of nitrogen functional groups attached to an aromatic ring is 1. The van der Waals surface area contributed by atoms with Crippen molar-refractivity contribution in [2.24, 2.45) is 0 Å². The zero-order valence-corrected chi connectivity index (χ0v) is 9.64. The first-order chi connectivity index (χ1) is 7.52. The van der Waals surface area contributed by atoms with Crippen LogP contribution in [0.1, 0.15) is 6.92 Å². The summed E-state index contributed by atoms with van der Waals surface area (Å²) in [7, 11) is -1.16. The molecule has 16 heavy (non-hydrogen) atoms. The molecule has 88 valence electrons. The lowest BCUT2D eigenvalue weighted by Crippen LogP contribution is -2.20. The third kappa shape index (κ3) is 3.62. The van der Waals surface area contributed by atoms with Gasteiger partial charge >= 0.3 is 0 Å². The summed E-state index contributed by atoms with van der Waals surface area (Å²) in [6.45, 7) is 1.74. The first-order valence-electron chi connectivity index (χ1n) is 4.72. The minimum Gasteiger partial charge on any atom is -0.396 e. The van der Waals surface area contributed by atoms with Crippen LogP contribution >= 0.6 is 0 Å². The number of nitrogens with two attached hydrogens (primary N) is 1. The van der Waals surface area contributed by atoms with Crippen molar-refractivity contribution in [2.45, 2.75) is 6.92 Å². The highest BCUT2D eigenvalue weighted by atomic mass is 32.2. The van der Waals surface area contributed by atoms with E-state index in [1.165, 1.54) is 18.2 Å². The summed E-state index contributed by atoms with van der Waals surface area (Å²) < 4.78 is 23.9. The summed E-state index contributed by atoms with van der Waals surface area (Å²) in [5, 5.41) is 2.50. The van der Waals surface area contributed by atoms with Gasteiger partial charge in [-0.05, 0) is 18.2 Å². The number of nitrogens with one attached hydrogen (secondary N) is 1. The predicted molar refractivity (Wildman–Crippen MR) is 63.0 cm³/mol. The smallest absolute Gasteiger partial charge is 0.236 e. The summed E-state index contributed by atoms with van der Waals surface area (Å²) in [6, 6.07) is 3.89. The van der Waals surface area contributed by atoms with Crippen molar-refractivity contribution in [3.8, 4) is 0 Å². The van der Waals surface area contributed by atoms with E-state index in [4.69, 9.17) is 5.73 Å². The summed E-state index contributed by atoms with van der Waals surface area (Å²) in [6.07, 6.45) is 0.